The van der Waals surface area contributed by atoms with Gasteiger partial charge in [0.2, 0.25) is 0 Å². The quantitative estimate of drug-likeness (QED) is 0.249. The van der Waals surface area contributed by atoms with E-state index in [1.807, 2.05) is 19.1 Å². The van der Waals surface area contributed by atoms with E-state index in [0.29, 0.717) is 13.2 Å². The van der Waals surface area contributed by atoms with E-state index >= 15 is 0 Å². The first kappa shape index (κ1) is 23.5. The molecule has 2 aromatic carbocycles. The van der Waals surface area contributed by atoms with E-state index in [2.05, 4.69) is 61.2 Å². The SMILES string of the molecule is C=CC[C@H]1CC[C@H](CCCCc2ccc(-c3ccc(COC/C=C/C)cc3)cc2)CC1. The first-order valence-electron chi connectivity index (χ1n) is 12.3. The lowest BCUT2D eigenvalue weighted by Gasteiger charge is -2.27. The van der Waals surface area contributed by atoms with Gasteiger partial charge in [-0.05, 0) is 73.1 Å². The average Bonchev–Trinajstić information content (AvgIpc) is 2.82. The predicted octanol–water partition coefficient (Wildman–Crippen LogP) is 8.54. The predicted molar refractivity (Wildman–Crippen MR) is 134 cm³/mol. The molecule has 0 aromatic heterocycles. The van der Waals surface area contributed by atoms with Crippen LogP contribution in [0.15, 0.2) is 73.3 Å². The van der Waals surface area contributed by atoms with Crippen molar-refractivity contribution in [1.29, 1.82) is 0 Å². The van der Waals surface area contributed by atoms with Crippen LogP contribution in [0.1, 0.15) is 69.4 Å². The van der Waals surface area contributed by atoms with Gasteiger partial charge in [0, 0.05) is 0 Å². The highest BCUT2D eigenvalue weighted by Gasteiger charge is 2.19. The minimum atomic E-state index is 0.666. The summed E-state index contributed by atoms with van der Waals surface area (Å²) in [4.78, 5) is 0. The van der Waals surface area contributed by atoms with Crippen LogP contribution in [0.2, 0.25) is 0 Å². The second-order valence-corrected chi connectivity index (χ2v) is 9.13. The minimum Gasteiger partial charge on any atom is -0.373 e. The van der Waals surface area contributed by atoms with E-state index in [-0.39, 0.29) is 0 Å². The summed E-state index contributed by atoms with van der Waals surface area (Å²) in [5.74, 6) is 1.89. The number of hydrogen-bond acceptors (Lipinski definition) is 1. The van der Waals surface area contributed by atoms with Crippen molar-refractivity contribution in [2.45, 2.75) is 71.3 Å². The largest absolute Gasteiger partial charge is 0.373 e. The molecule has 1 aliphatic rings. The molecule has 0 N–H and O–H groups in total. The number of aryl methyl sites for hydroxylation is 1. The zero-order chi connectivity index (χ0) is 21.7. The van der Waals surface area contributed by atoms with E-state index < -0.39 is 0 Å². The number of allylic oxidation sites excluding steroid dienone is 2. The molecule has 0 spiro atoms. The van der Waals surface area contributed by atoms with E-state index in [1.165, 1.54) is 80.0 Å². The lowest BCUT2D eigenvalue weighted by Crippen LogP contribution is -2.14. The maximum absolute atomic E-state index is 5.63. The molecule has 1 fully saturated rings. The summed E-state index contributed by atoms with van der Waals surface area (Å²) in [6.45, 7) is 7.26. The van der Waals surface area contributed by atoms with Crippen LogP contribution in [0.25, 0.3) is 11.1 Å². The molecule has 3 rings (SSSR count). The molecule has 0 atom stereocenters. The van der Waals surface area contributed by atoms with Gasteiger partial charge < -0.3 is 4.74 Å². The lowest BCUT2D eigenvalue weighted by atomic mass is 9.78. The van der Waals surface area contributed by atoms with Gasteiger partial charge in [-0.1, -0.05) is 92.4 Å². The second-order valence-electron chi connectivity index (χ2n) is 9.13. The molecule has 0 bridgehead atoms. The fourth-order valence-corrected chi connectivity index (χ4v) is 4.75. The second kappa shape index (κ2) is 13.3. The van der Waals surface area contributed by atoms with Gasteiger partial charge in [0.25, 0.3) is 0 Å². The third kappa shape index (κ3) is 8.15. The van der Waals surface area contributed by atoms with Gasteiger partial charge in [-0.15, -0.1) is 6.58 Å². The molecule has 1 saturated carbocycles. The molecule has 1 nitrogen and oxygen atoms in total. The Bertz CT molecular complexity index is 776. The molecular weight excluding hydrogens is 376 g/mol. The Balaban J connectivity index is 1.37. The van der Waals surface area contributed by atoms with E-state index in [9.17, 15) is 0 Å². The van der Waals surface area contributed by atoms with Crippen molar-refractivity contribution in [2.24, 2.45) is 11.8 Å². The first-order valence-corrected chi connectivity index (χ1v) is 12.3. The van der Waals surface area contributed by atoms with E-state index in [0.717, 1.165) is 11.8 Å². The zero-order valence-electron chi connectivity index (χ0n) is 19.4. The van der Waals surface area contributed by atoms with Crippen molar-refractivity contribution in [3.8, 4) is 11.1 Å². The fourth-order valence-electron chi connectivity index (χ4n) is 4.75. The van der Waals surface area contributed by atoms with Gasteiger partial charge in [0.1, 0.15) is 0 Å². The fraction of sp³-hybridized carbons (Fsp3) is 0.467. The minimum absolute atomic E-state index is 0.666. The Hall–Kier alpha value is -2.12. The highest BCUT2D eigenvalue weighted by Crippen LogP contribution is 2.33. The van der Waals surface area contributed by atoms with E-state index in [4.69, 9.17) is 4.74 Å². The Morgan fingerprint density at radius 3 is 2.06 bits per heavy atom. The maximum atomic E-state index is 5.63. The molecule has 0 heterocycles. The molecule has 0 saturated heterocycles. The van der Waals surface area contributed by atoms with Crippen LogP contribution in [0.5, 0.6) is 0 Å². The van der Waals surface area contributed by atoms with Crippen molar-refractivity contribution in [3.05, 3.63) is 84.5 Å². The van der Waals surface area contributed by atoms with Crippen molar-refractivity contribution in [1.82, 2.24) is 0 Å². The number of benzene rings is 2. The third-order valence-corrected chi connectivity index (χ3v) is 6.75. The Morgan fingerprint density at radius 2 is 1.45 bits per heavy atom. The van der Waals surface area contributed by atoms with Crippen LogP contribution >= 0.6 is 0 Å². The molecule has 1 heteroatoms. The Kier molecular flexibility index (Phi) is 10.1. The van der Waals surface area contributed by atoms with Gasteiger partial charge in [-0.25, -0.2) is 0 Å². The third-order valence-electron chi connectivity index (χ3n) is 6.75. The van der Waals surface area contributed by atoms with Crippen LogP contribution in [0.3, 0.4) is 0 Å². The number of ether oxygens (including phenoxy) is 1. The number of rotatable bonds is 12. The molecule has 0 unspecified atom stereocenters. The molecule has 1 aliphatic carbocycles. The van der Waals surface area contributed by atoms with Gasteiger partial charge in [0.05, 0.1) is 13.2 Å². The van der Waals surface area contributed by atoms with Gasteiger partial charge in [-0.2, -0.15) is 0 Å². The van der Waals surface area contributed by atoms with Crippen LogP contribution in [0, 0.1) is 11.8 Å². The lowest BCUT2D eigenvalue weighted by molar-refractivity contribution is 0.148. The standard InChI is InChI=1S/C30H40O/c1-3-5-23-31-24-28-17-21-30(22-18-28)29-19-15-27(16-20-29)10-7-6-9-26-13-11-25(8-4-2)12-14-26/h3-5,15-22,25-26H,2,6-14,23-24H2,1H3/b5-3+/t25-,26-. The zero-order valence-corrected chi connectivity index (χ0v) is 19.4. The van der Waals surface area contributed by atoms with Gasteiger partial charge in [0.15, 0.2) is 0 Å². The van der Waals surface area contributed by atoms with Gasteiger partial charge >= 0.3 is 0 Å². The van der Waals surface area contributed by atoms with Crippen LogP contribution < -0.4 is 0 Å². The summed E-state index contributed by atoms with van der Waals surface area (Å²) in [5, 5.41) is 0. The summed E-state index contributed by atoms with van der Waals surface area (Å²) in [5.41, 5.74) is 5.25. The smallest absolute Gasteiger partial charge is 0.0721 e. The van der Waals surface area contributed by atoms with Crippen molar-refractivity contribution in [2.75, 3.05) is 6.61 Å². The monoisotopic (exact) mass is 416 g/mol. The summed E-state index contributed by atoms with van der Waals surface area (Å²) in [7, 11) is 0. The Labute approximate surface area is 190 Å². The first-order chi connectivity index (χ1) is 15.3. The summed E-state index contributed by atoms with van der Waals surface area (Å²) in [6, 6.07) is 17.9. The van der Waals surface area contributed by atoms with Crippen LogP contribution in [-0.4, -0.2) is 6.61 Å². The average molecular weight is 417 g/mol. The highest BCUT2D eigenvalue weighted by atomic mass is 16.5. The molecule has 2 aromatic rings. The van der Waals surface area contributed by atoms with Gasteiger partial charge in [-0.3, -0.25) is 0 Å². The van der Waals surface area contributed by atoms with Crippen molar-refractivity contribution >= 4 is 0 Å². The molecule has 0 amide bonds. The molecule has 0 radical (unpaired) electrons. The molecule has 0 aliphatic heterocycles. The Morgan fingerprint density at radius 1 is 0.839 bits per heavy atom. The number of unbranched alkanes of at least 4 members (excludes halogenated alkanes) is 1. The molecule has 31 heavy (non-hydrogen) atoms. The normalized spacial score (nSPS) is 19.0. The topological polar surface area (TPSA) is 9.23 Å². The molecule has 166 valence electrons. The van der Waals surface area contributed by atoms with Crippen LogP contribution in [-0.2, 0) is 17.8 Å². The van der Waals surface area contributed by atoms with E-state index in [1.54, 1.807) is 0 Å². The maximum Gasteiger partial charge on any atom is 0.0721 e. The molecular formula is C30H40O. The van der Waals surface area contributed by atoms with Crippen LogP contribution in [0.4, 0.5) is 0 Å². The highest BCUT2D eigenvalue weighted by molar-refractivity contribution is 5.63. The summed E-state index contributed by atoms with van der Waals surface area (Å²) < 4.78 is 5.63. The van der Waals surface area contributed by atoms with Crippen molar-refractivity contribution < 1.29 is 4.74 Å². The summed E-state index contributed by atoms with van der Waals surface area (Å²) >= 11 is 0. The van der Waals surface area contributed by atoms with Crippen molar-refractivity contribution in [3.63, 3.8) is 0 Å². The summed E-state index contributed by atoms with van der Waals surface area (Å²) in [6.07, 6.45) is 18.4. The number of hydrogen-bond donors (Lipinski definition) is 0.